The van der Waals surface area contributed by atoms with Crippen LogP contribution in [-0.2, 0) is 6.18 Å². The third-order valence-electron chi connectivity index (χ3n) is 2.35. The summed E-state index contributed by atoms with van der Waals surface area (Å²) in [6.45, 7) is -0.446. The minimum atomic E-state index is -4.74. The Hall–Kier alpha value is -2.31. The van der Waals surface area contributed by atoms with Crippen molar-refractivity contribution >= 4 is 19.5 Å². The molecule has 1 aromatic carbocycles. The van der Waals surface area contributed by atoms with E-state index in [9.17, 15) is 18.0 Å². The molecule has 0 saturated carbocycles. The molecule has 9 heteroatoms. The lowest BCUT2D eigenvalue weighted by Crippen LogP contribution is -2.11. The molecule has 0 saturated heterocycles. The summed E-state index contributed by atoms with van der Waals surface area (Å²) in [7, 11) is -1.93. The maximum Gasteiger partial charge on any atom is 0.480 e. The topological polar surface area (TPSA) is 90.6 Å². The standard InChI is InChI=1S/C12H9BF3NO4/c14-12(15,16)10-5-9(7-18)11(21-4-3-17)6-8(10)1-2-13(19)20/h1-2,5-7,19-20H,4H2/b2-1+. The van der Waals surface area contributed by atoms with E-state index in [1.54, 1.807) is 6.07 Å². The Morgan fingerprint density at radius 2 is 2.00 bits per heavy atom. The normalized spacial score (nSPS) is 11.2. The van der Waals surface area contributed by atoms with E-state index in [-0.39, 0.29) is 17.6 Å². The second-order valence-electron chi connectivity index (χ2n) is 3.81. The smallest absolute Gasteiger partial charge is 0.478 e. The van der Waals surface area contributed by atoms with Crippen LogP contribution in [0.25, 0.3) is 6.08 Å². The summed E-state index contributed by atoms with van der Waals surface area (Å²) < 4.78 is 43.6. The molecule has 0 unspecified atom stereocenters. The molecule has 21 heavy (non-hydrogen) atoms. The van der Waals surface area contributed by atoms with Crippen molar-refractivity contribution < 1.29 is 32.8 Å². The zero-order valence-corrected chi connectivity index (χ0v) is 10.5. The van der Waals surface area contributed by atoms with Crippen LogP contribution in [0.15, 0.2) is 18.1 Å². The van der Waals surface area contributed by atoms with Gasteiger partial charge in [0.15, 0.2) is 12.9 Å². The Balaban J connectivity index is 3.42. The van der Waals surface area contributed by atoms with Crippen LogP contribution in [0, 0.1) is 11.3 Å². The summed E-state index contributed by atoms with van der Waals surface area (Å²) in [5.74, 6) is 0.519. The number of aldehydes is 1. The van der Waals surface area contributed by atoms with Crippen molar-refractivity contribution in [2.45, 2.75) is 6.18 Å². The summed E-state index contributed by atoms with van der Waals surface area (Å²) >= 11 is 0. The summed E-state index contributed by atoms with van der Waals surface area (Å²) in [4.78, 5) is 10.8. The maximum absolute atomic E-state index is 12.9. The monoisotopic (exact) mass is 299 g/mol. The van der Waals surface area contributed by atoms with E-state index in [4.69, 9.17) is 20.0 Å². The van der Waals surface area contributed by atoms with Crippen LogP contribution < -0.4 is 4.74 Å². The van der Waals surface area contributed by atoms with Gasteiger partial charge in [-0.1, -0.05) is 12.1 Å². The highest BCUT2D eigenvalue weighted by Crippen LogP contribution is 2.36. The van der Waals surface area contributed by atoms with Crippen molar-refractivity contribution in [3.63, 3.8) is 0 Å². The molecule has 0 amide bonds. The zero-order valence-electron chi connectivity index (χ0n) is 10.5. The Morgan fingerprint density at radius 3 is 2.48 bits per heavy atom. The molecule has 110 valence electrons. The molecular weight excluding hydrogens is 290 g/mol. The SMILES string of the molecule is N#CCOc1cc(/C=C/B(O)O)c(C(F)(F)F)cc1C=O. The van der Waals surface area contributed by atoms with E-state index in [2.05, 4.69) is 0 Å². The average Bonchev–Trinajstić information content (AvgIpc) is 2.41. The van der Waals surface area contributed by atoms with Crippen LogP contribution in [0.2, 0.25) is 0 Å². The highest BCUT2D eigenvalue weighted by molar-refractivity contribution is 6.48. The van der Waals surface area contributed by atoms with Crippen molar-refractivity contribution in [3.8, 4) is 11.8 Å². The molecule has 0 spiro atoms. The molecule has 0 fully saturated rings. The van der Waals surface area contributed by atoms with Crippen molar-refractivity contribution in [2.75, 3.05) is 6.61 Å². The predicted molar refractivity (Wildman–Crippen MR) is 67.2 cm³/mol. The van der Waals surface area contributed by atoms with Gasteiger partial charge in [0.1, 0.15) is 11.8 Å². The second kappa shape index (κ2) is 6.92. The van der Waals surface area contributed by atoms with Gasteiger partial charge in [0.25, 0.3) is 0 Å². The maximum atomic E-state index is 12.9. The van der Waals surface area contributed by atoms with Crippen LogP contribution >= 0.6 is 0 Å². The number of nitriles is 1. The fourth-order valence-corrected chi connectivity index (χ4v) is 1.51. The summed E-state index contributed by atoms with van der Waals surface area (Å²) in [5, 5.41) is 25.7. The lowest BCUT2D eigenvalue weighted by atomic mass is 9.89. The zero-order chi connectivity index (χ0) is 16.0. The molecule has 0 bridgehead atoms. The van der Waals surface area contributed by atoms with Gasteiger partial charge in [0, 0.05) is 0 Å². The Bertz CT molecular complexity index is 593. The lowest BCUT2D eigenvalue weighted by molar-refractivity contribution is -0.137. The molecule has 0 aromatic heterocycles. The lowest BCUT2D eigenvalue weighted by Gasteiger charge is -2.14. The molecule has 2 N–H and O–H groups in total. The predicted octanol–water partition coefficient (Wildman–Crippen LogP) is 1.45. The number of hydrogen-bond acceptors (Lipinski definition) is 5. The highest BCUT2D eigenvalue weighted by Gasteiger charge is 2.34. The number of benzene rings is 1. The number of carbonyl (C=O) groups excluding carboxylic acids is 1. The molecule has 0 aliphatic rings. The number of halogens is 3. The molecular formula is C12H9BF3NO4. The Morgan fingerprint density at radius 1 is 1.33 bits per heavy atom. The Labute approximate surface area is 118 Å². The first-order valence-electron chi connectivity index (χ1n) is 5.54. The summed E-state index contributed by atoms with van der Waals surface area (Å²) in [6, 6.07) is 3.10. The van der Waals surface area contributed by atoms with E-state index < -0.39 is 31.0 Å². The van der Waals surface area contributed by atoms with Crippen molar-refractivity contribution in [1.29, 1.82) is 5.26 Å². The minimum absolute atomic E-state index is 0.177. The summed E-state index contributed by atoms with van der Waals surface area (Å²) in [6.07, 6.45) is -3.73. The van der Waals surface area contributed by atoms with Gasteiger partial charge >= 0.3 is 13.3 Å². The van der Waals surface area contributed by atoms with Crippen LogP contribution in [0.4, 0.5) is 13.2 Å². The van der Waals surface area contributed by atoms with Gasteiger partial charge in [-0.3, -0.25) is 4.79 Å². The van der Waals surface area contributed by atoms with E-state index >= 15 is 0 Å². The van der Waals surface area contributed by atoms with Crippen LogP contribution in [0.1, 0.15) is 21.5 Å². The molecule has 0 atom stereocenters. The number of alkyl halides is 3. The van der Waals surface area contributed by atoms with E-state index in [1.165, 1.54) is 0 Å². The minimum Gasteiger partial charge on any atom is -0.478 e. The quantitative estimate of drug-likeness (QED) is 0.634. The molecule has 0 aliphatic carbocycles. The van der Waals surface area contributed by atoms with Crippen LogP contribution in [0.5, 0.6) is 5.75 Å². The largest absolute Gasteiger partial charge is 0.480 e. The fraction of sp³-hybridized carbons (Fsp3) is 0.167. The number of hydrogen-bond donors (Lipinski definition) is 2. The van der Waals surface area contributed by atoms with Gasteiger partial charge in [-0.05, 0) is 17.7 Å². The van der Waals surface area contributed by atoms with Crippen LogP contribution in [-0.4, -0.2) is 30.1 Å². The van der Waals surface area contributed by atoms with Gasteiger partial charge in [0.05, 0.1) is 11.1 Å². The van der Waals surface area contributed by atoms with Gasteiger partial charge < -0.3 is 14.8 Å². The van der Waals surface area contributed by atoms with E-state index in [1.807, 2.05) is 0 Å². The first-order chi connectivity index (χ1) is 9.79. The first-order valence-corrected chi connectivity index (χ1v) is 5.54. The van der Waals surface area contributed by atoms with E-state index in [0.717, 1.165) is 18.1 Å². The highest BCUT2D eigenvalue weighted by atomic mass is 19.4. The molecule has 0 aliphatic heterocycles. The van der Waals surface area contributed by atoms with E-state index in [0.29, 0.717) is 6.07 Å². The fourth-order valence-electron chi connectivity index (χ4n) is 1.51. The number of rotatable bonds is 5. The van der Waals surface area contributed by atoms with Gasteiger partial charge in [-0.25, -0.2) is 0 Å². The number of ether oxygens (including phenoxy) is 1. The number of nitrogens with zero attached hydrogens (tertiary/aromatic N) is 1. The van der Waals surface area contributed by atoms with Gasteiger partial charge in [-0.2, -0.15) is 18.4 Å². The van der Waals surface area contributed by atoms with Gasteiger partial charge in [-0.15, -0.1) is 0 Å². The van der Waals surface area contributed by atoms with Crippen LogP contribution in [0.3, 0.4) is 0 Å². The molecule has 5 nitrogen and oxygen atoms in total. The van der Waals surface area contributed by atoms with Crippen molar-refractivity contribution in [3.05, 3.63) is 34.8 Å². The average molecular weight is 299 g/mol. The second-order valence-corrected chi connectivity index (χ2v) is 3.81. The Kier molecular flexibility index (Phi) is 5.52. The first kappa shape index (κ1) is 16.7. The molecule has 1 aromatic rings. The third-order valence-corrected chi connectivity index (χ3v) is 2.35. The third kappa shape index (κ3) is 4.63. The molecule has 0 heterocycles. The molecule has 1 rings (SSSR count). The van der Waals surface area contributed by atoms with Crippen molar-refractivity contribution in [1.82, 2.24) is 0 Å². The summed E-state index contributed by atoms with van der Waals surface area (Å²) in [5.41, 5.74) is -1.92. The molecule has 0 radical (unpaired) electrons. The van der Waals surface area contributed by atoms with Gasteiger partial charge in [0.2, 0.25) is 0 Å². The van der Waals surface area contributed by atoms with Crippen molar-refractivity contribution in [2.24, 2.45) is 0 Å². The number of carbonyl (C=O) groups is 1.